The standard InChI is InChI=1S/C16H12F3N3S.BrH/c1-10-5-11(8-20-7-10)14-9-23-15(22-14)21-13-4-2-3-12(6-13)16(17,18)19;/h2-9H,1H3,(H,21,22);1H. The van der Waals surface area contributed by atoms with Gasteiger partial charge in [0, 0.05) is 29.0 Å². The number of rotatable bonds is 3. The van der Waals surface area contributed by atoms with Gasteiger partial charge in [0.05, 0.1) is 11.3 Å². The van der Waals surface area contributed by atoms with E-state index in [1.54, 1.807) is 18.5 Å². The topological polar surface area (TPSA) is 37.8 Å². The SMILES string of the molecule is Br.Cc1cncc(-c2csc(Nc3cccc(C(F)(F)F)c3)n2)c1. The van der Waals surface area contributed by atoms with Crippen molar-refractivity contribution in [2.24, 2.45) is 0 Å². The minimum absolute atomic E-state index is 0. The Hall–Kier alpha value is -1.93. The number of nitrogens with zero attached hydrogens (tertiary/aromatic N) is 2. The number of nitrogens with one attached hydrogen (secondary N) is 1. The van der Waals surface area contributed by atoms with Gasteiger partial charge in [0.15, 0.2) is 5.13 Å². The molecule has 0 saturated heterocycles. The van der Waals surface area contributed by atoms with Crippen LogP contribution in [0.3, 0.4) is 0 Å². The van der Waals surface area contributed by atoms with Gasteiger partial charge in [-0.3, -0.25) is 4.98 Å². The van der Waals surface area contributed by atoms with Crippen molar-refractivity contribution in [2.75, 3.05) is 5.32 Å². The van der Waals surface area contributed by atoms with Crippen molar-refractivity contribution in [3.8, 4) is 11.3 Å². The first kappa shape index (κ1) is 18.4. The molecule has 3 nitrogen and oxygen atoms in total. The van der Waals surface area contributed by atoms with Crippen molar-refractivity contribution >= 4 is 39.1 Å². The lowest BCUT2D eigenvalue weighted by atomic mass is 10.2. The third-order valence-corrected chi connectivity index (χ3v) is 3.87. The third kappa shape index (κ3) is 4.33. The molecule has 1 N–H and O–H groups in total. The Morgan fingerprint density at radius 2 is 1.92 bits per heavy atom. The van der Waals surface area contributed by atoms with Crippen LogP contribution in [0.4, 0.5) is 24.0 Å². The van der Waals surface area contributed by atoms with Crippen LogP contribution in [0.2, 0.25) is 0 Å². The number of hydrogen-bond donors (Lipinski definition) is 1. The fraction of sp³-hybridized carbons (Fsp3) is 0.125. The number of halogens is 4. The molecule has 2 aromatic heterocycles. The molecule has 3 rings (SSSR count). The first-order valence-electron chi connectivity index (χ1n) is 6.74. The Balaban J connectivity index is 0.00000208. The number of aryl methyl sites for hydroxylation is 1. The largest absolute Gasteiger partial charge is 0.416 e. The monoisotopic (exact) mass is 415 g/mol. The van der Waals surface area contributed by atoms with Crippen LogP contribution < -0.4 is 5.32 Å². The summed E-state index contributed by atoms with van der Waals surface area (Å²) in [5.41, 5.74) is 2.28. The van der Waals surface area contributed by atoms with E-state index in [0.29, 0.717) is 10.8 Å². The van der Waals surface area contributed by atoms with Gasteiger partial charge in [0.25, 0.3) is 0 Å². The van der Waals surface area contributed by atoms with Crippen LogP contribution in [0.25, 0.3) is 11.3 Å². The molecular formula is C16H13BrF3N3S. The highest BCUT2D eigenvalue weighted by Crippen LogP contribution is 2.32. The van der Waals surface area contributed by atoms with E-state index in [-0.39, 0.29) is 17.0 Å². The van der Waals surface area contributed by atoms with Crippen molar-refractivity contribution in [1.82, 2.24) is 9.97 Å². The first-order valence-corrected chi connectivity index (χ1v) is 7.61. The molecule has 0 spiro atoms. The first-order chi connectivity index (χ1) is 10.9. The maximum Gasteiger partial charge on any atom is 0.416 e. The Morgan fingerprint density at radius 3 is 2.62 bits per heavy atom. The molecule has 0 aliphatic rings. The molecule has 8 heteroatoms. The van der Waals surface area contributed by atoms with Gasteiger partial charge in [-0.25, -0.2) is 4.98 Å². The Labute approximate surface area is 151 Å². The van der Waals surface area contributed by atoms with Crippen LogP contribution in [0.15, 0.2) is 48.1 Å². The van der Waals surface area contributed by atoms with Gasteiger partial charge in [0.1, 0.15) is 0 Å². The van der Waals surface area contributed by atoms with E-state index in [4.69, 9.17) is 0 Å². The fourth-order valence-corrected chi connectivity index (χ4v) is 2.80. The van der Waals surface area contributed by atoms with Gasteiger partial charge >= 0.3 is 6.18 Å². The maximum atomic E-state index is 12.7. The van der Waals surface area contributed by atoms with Crippen LogP contribution in [-0.2, 0) is 6.18 Å². The summed E-state index contributed by atoms with van der Waals surface area (Å²) in [5.74, 6) is 0. The van der Waals surface area contributed by atoms with Gasteiger partial charge in [-0.05, 0) is 36.8 Å². The zero-order valence-corrected chi connectivity index (χ0v) is 15.0. The molecule has 1 aromatic carbocycles. The van der Waals surface area contributed by atoms with Crippen LogP contribution in [0.5, 0.6) is 0 Å². The minimum atomic E-state index is -4.36. The lowest BCUT2D eigenvalue weighted by Crippen LogP contribution is -2.05. The van der Waals surface area contributed by atoms with Gasteiger partial charge in [0.2, 0.25) is 0 Å². The Kier molecular flexibility index (Phi) is 5.61. The minimum Gasteiger partial charge on any atom is -0.332 e. The van der Waals surface area contributed by atoms with Gasteiger partial charge in [-0.2, -0.15) is 13.2 Å². The highest BCUT2D eigenvalue weighted by molar-refractivity contribution is 8.93. The molecule has 0 aliphatic carbocycles. The van der Waals surface area contributed by atoms with Crippen LogP contribution in [-0.4, -0.2) is 9.97 Å². The van der Waals surface area contributed by atoms with Gasteiger partial charge in [-0.1, -0.05) is 6.07 Å². The fourth-order valence-electron chi connectivity index (χ4n) is 2.06. The summed E-state index contributed by atoms with van der Waals surface area (Å²) < 4.78 is 38.2. The summed E-state index contributed by atoms with van der Waals surface area (Å²) in [5, 5.41) is 5.28. The summed E-state index contributed by atoms with van der Waals surface area (Å²) >= 11 is 1.33. The van der Waals surface area contributed by atoms with Crippen LogP contribution >= 0.6 is 28.3 Å². The number of aromatic nitrogens is 2. The zero-order valence-electron chi connectivity index (χ0n) is 12.5. The lowest BCUT2D eigenvalue weighted by Gasteiger charge is -2.08. The number of thiazole rings is 1. The quantitative estimate of drug-likeness (QED) is 0.582. The van der Waals surface area contributed by atoms with Crippen molar-refractivity contribution in [3.63, 3.8) is 0 Å². The smallest absolute Gasteiger partial charge is 0.332 e. The molecule has 0 aliphatic heterocycles. The molecule has 0 bridgehead atoms. The molecule has 0 atom stereocenters. The molecular weight excluding hydrogens is 403 g/mol. The highest BCUT2D eigenvalue weighted by Gasteiger charge is 2.30. The molecule has 3 aromatic rings. The highest BCUT2D eigenvalue weighted by atomic mass is 79.9. The average molecular weight is 416 g/mol. The van der Waals surface area contributed by atoms with E-state index in [1.807, 2.05) is 18.4 Å². The van der Waals surface area contributed by atoms with Crippen molar-refractivity contribution in [2.45, 2.75) is 13.1 Å². The maximum absolute atomic E-state index is 12.7. The second-order valence-electron chi connectivity index (χ2n) is 4.99. The number of alkyl halides is 3. The summed E-state index contributed by atoms with van der Waals surface area (Å²) in [6.45, 7) is 1.94. The van der Waals surface area contributed by atoms with E-state index >= 15 is 0 Å². The molecule has 0 unspecified atom stereocenters. The molecule has 24 heavy (non-hydrogen) atoms. The van der Waals surface area contributed by atoms with E-state index < -0.39 is 11.7 Å². The summed E-state index contributed by atoms with van der Waals surface area (Å²) in [7, 11) is 0. The number of pyridine rings is 1. The van der Waals surface area contributed by atoms with Gasteiger partial charge in [-0.15, -0.1) is 28.3 Å². The van der Waals surface area contributed by atoms with Crippen molar-refractivity contribution < 1.29 is 13.2 Å². The molecule has 126 valence electrons. The number of hydrogen-bond acceptors (Lipinski definition) is 4. The normalized spacial score (nSPS) is 11.0. The number of anilines is 2. The number of benzene rings is 1. The van der Waals surface area contributed by atoms with E-state index in [2.05, 4.69) is 15.3 Å². The Bertz CT molecular complexity index is 833. The lowest BCUT2D eigenvalue weighted by molar-refractivity contribution is -0.137. The molecule has 0 radical (unpaired) electrons. The van der Waals surface area contributed by atoms with Crippen LogP contribution in [0, 0.1) is 6.92 Å². The van der Waals surface area contributed by atoms with Crippen molar-refractivity contribution in [3.05, 3.63) is 59.2 Å². The van der Waals surface area contributed by atoms with Crippen LogP contribution in [0.1, 0.15) is 11.1 Å². The van der Waals surface area contributed by atoms with E-state index in [0.717, 1.165) is 29.0 Å². The van der Waals surface area contributed by atoms with Gasteiger partial charge < -0.3 is 5.32 Å². The molecule has 0 saturated carbocycles. The summed E-state index contributed by atoms with van der Waals surface area (Å²) in [4.78, 5) is 8.51. The predicted octanol–water partition coefficient (Wildman–Crippen LogP) is 5.85. The van der Waals surface area contributed by atoms with E-state index in [1.165, 1.54) is 17.4 Å². The summed E-state index contributed by atoms with van der Waals surface area (Å²) in [6, 6.07) is 7.00. The summed E-state index contributed by atoms with van der Waals surface area (Å²) in [6.07, 6.45) is -0.910. The zero-order chi connectivity index (χ0) is 16.4. The Morgan fingerprint density at radius 1 is 1.12 bits per heavy atom. The predicted molar refractivity (Wildman–Crippen MR) is 95.1 cm³/mol. The third-order valence-electron chi connectivity index (χ3n) is 3.12. The second kappa shape index (κ2) is 7.31. The van der Waals surface area contributed by atoms with E-state index in [9.17, 15) is 13.2 Å². The molecule has 2 heterocycles. The second-order valence-corrected chi connectivity index (χ2v) is 5.85. The molecule has 0 amide bonds. The average Bonchev–Trinajstić information content (AvgIpc) is 2.95. The van der Waals surface area contributed by atoms with Crippen molar-refractivity contribution in [1.29, 1.82) is 0 Å². The molecule has 0 fully saturated rings.